The average molecular weight is 288 g/mol. The Kier molecular flexibility index (Phi) is 4.43. The Balaban J connectivity index is 2.08. The molecule has 0 N–H and O–H groups in total. The van der Waals surface area contributed by atoms with Crippen molar-refractivity contribution in [3.8, 4) is 0 Å². The van der Waals surface area contributed by atoms with Crippen LogP contribution in [0.5, 0.6) is 0 Å². The van der Waals surface area contributed by atoms with Gasteiger partial charge in [-0.1, -0.05) is 0 Å². The third-order valence-electron chi connectivity index (χ3n) is 3.18. The van der Waals surface area contributed by atoms with Crippen molar-refractivity contribution in [2.45, 2.75) is 19.1 Å². The zero-order chi connectivity index (χ0) is 11.4. The van der Waals surface area contributed by atoms with E-state index in [4.69, 9.17) is 11.3 Å². The van der Waals surface area contributed by atoms with Crippen LogP contribution >= 0.6 is 0 Å². The van der Waals surface area contributed by atoms with E-state index in [1.165, 1.54) is 5.57 Å². The van der Waals surface area contributed by atoms with E-state index in [0.717, 1.165) is 44.7 Å². The number of hydrogen-bond donors (Lipinski definition) is 0. The van der Waals surface area contributed by atoms with Crippen LogP contribution in [0.15, 0.2) is 11.6 Å². The Bertz CT molecular complexity index is 243. The van der Waals surface area contributed by atoms with Crippen LogP contribution in [0.2, 0.25) is 5.25 Å². The van der Waals surface area contributed by atoms with E-state index >= 15 is 0 Å². The van der Waals surface area contributed by atoms with Crippen molar-refractivity contribution >= 4 is 14.3 Å². The summed E-state index contributed by atoms with van der Waals surface area (Å²) in [5.74, 6) is 0. The van der Waals surface area contributed by atoms with E-state index in [9.17, 15) is 0 Å². The topological polar surface area (TPSA) is 30.9 Å². The quantitative estimate of drug-likeness (QED) is 0.565. The van der Waals surface area contributed by atoms with Gasteiger partial charge in [-0.3, -0.25) is 0 Å². The van der Waals surface area contributed by atoms with Crippen molar-refractivity contribution < 1.29 is 11.3 Å². The van der Waals surface area contributed by atoms with Crippen LogP contribution in [-0.2, 0) is 11.3 Å². The summed E-state index contributed by atoms with van der Waals surface area (Å²) < 4.78 is 17.9. The molecule has 5 heteroatoms. The molecule has 0 amide bonds. The van der Waals surface area contributed by atoms with E-state index in [0.29, 0.717) is 0 Å². The predicted octanol–water partition coefficient (Wildman–Crippen LogP) is 1.27. The maximum atomic E-state index is 5.97. The molecule has 0 spiro atoms. The molecule has 2 bridgehead atoms. The van der Waals surface area contributed by atoms with Crippen molar-refractivity contribution in [1.82, 2.24) is 4.90 Å². The number of nitrogens with zero attached hydrogens (tertiary/aromatic N) is 1. The second-order valence-corrected chi connectivity index (χ2v) is 9.81. The molecule has 92 valence electrons. The average Bonchev–Trinajstić information content (AvgIpc) is 2.19. The fourth-order valence-electron chi connectivity index (χ4n) is 2.05. The van der Waals surface area contributed by atoms with Crippen molar-refractivity contribution in [3.63, 3.8) is 0 Å². The van der Waals surface area contributed by atoms with E-state index in [1.54, 1.807) is 0 Å². The number of rotatable bonds is 2. The molecule has 0 aromatic heterocycles. The Morgan fingerprint density at radius 2 is 1.62 bits per heavy atom. The van der Waals surface area contributed by atoms with Gasteiger partial charge in [-0.2, -0.15) is 0 Å². The Hall–Kier alpha value is 0.123. The summed E-state index contributed by atoms with van der Waals surface area (Å²) in [5.41, 5.74) is 1.32. The van der Waals surface area contributed by atoms with Crippen molar-refractivity contribution in [2.24, 2.45) is 0 Å². The van der Waals surface area contributed by atoms with Gasteiger partial charge in [-0.15, -0.1) is 0 Å². The van der Waals surface area contributed by atoms with Crippen molar-refractivity contribution in [2.75, 3.05) is 39.5 Å². The first-order chi connectivity index (χ1) is 7.74. The van der Waals surface area contributed by atoms with Crippen LogP contribution in [0.3, 0.4) is 0 Å². The fourth-order valence-corrected chi connectivity index (χ4v) is 7.61. The third kappa shape index (κ3) is 3.08. The first-order valence-corrected chi connectivity index (χ1v) is 10.1. The normalized spacial score (nSPS) is 36.6. The van der Waals surface area contributed by atoms with Crippen molar-refractivity contribution in [3.05, 3.63) is 11.6 Å². The SMILES string of the molecule is C/C=C(\C)[CH2][Ge]12[O]CCN(CC[O]1)CC[O]2. The van der Waals surface area contributed by atoms with Crippen molar-refractivity contribution in [1.29, 1.82) is 0 Å². The summed E-state index contributed by atoms with van der Waals surface area (Å²) in [4.78, 5) is 2.34. The monoisotopic (exact) mass is 289 g/mol. The van der Waals surface area contributed by atoms with E-state index in [1.807, 2.05) is 0 Å². The Morgan fingerprint density at radius 1 is 1.12 bits per heavy atom. The summed E-state index contributed by atoms with van der Waals surface area (Å²) in [6.45, 7) is 9.53. The third-order valence-corrected chi connectivity index (χ3v) is 9.31. The molecule has 0 aliphatic carbocycles. The van der Waals surface area contributed by atoms with E-state index < -0.39 is 14.3 Å². The second-order valence-electron chi connectivity index (χ2n) is 4.38. The maximum absolute atomic E-state index is 5.97. The van der Waals surface area contributed by atoms with Crippen LogP contribution in [0.4, 0.5) is 0 Å². The molecular formula is C11H21GeNO3. The van der Waals surface area contributed by atoms with Gasteiger partial charge in [0.05, 0.1) is 0 Å². The number of fused-ring (bicyclic) bond motifs is 6. The molecule has 0 atom stereocenters. The molecule has 3 aliphatic heterocycles. The molecule has 0 unspecified atom stereocenters. The molecule has 0 aromatic carbocycles. The van der Waals surface area contributed by atoms with Crippen LogP contribution in [0, 0.1) is 0 Å². The van der Waals surface area contributed by atoms with Crippen LogP contribution in [-0.4, -0.2) is 58.6 Å². The molecular weight excluding hydrogens is 267 g/mol. The van der Waals surface area contributed by atoms with E-state index in [-0.39, 0.29) is 0 Å². The molecule has 3 heterocycles. The van der Waals surface area contributed by atoms with Crippen LogP contribution in [0.25, 0.3) is 0 Å². The van der Waals surface area contributed by atoms with Gasteiger partial charge in [0.2, 0.25) is 0 Å². The molecule has 0 saturated carbocycles. The Morgan fingerprint density at radius 3 is 2.06 bits per heavy atom. The molecule has 3 rings (SSSR count). The van der Waals surface area contributed by atoms with Crippen LogP contribution < -0.4 is 0 Å². The summed E-state index contributed by atoms with van der Waals surface area (Å²) >= 11 is -2.96. The molecule has 16 heavy (non-hydrogen) atoms. The fraction of sp³-hybridized carbons (Fsp3) is 0.818. The van der Waals surface area contributed by atoms with Gasteiger partial charge in [-0.05, 0) is 0 Å². The molecule has 3 aliphatic rings. The molecule has 3 saturated heterocycles. The minimum atomic E-state index is -2.96. The molecule has 0 radical (unpaired) electrons. The van der Waals surface area contributed by atoms with Gasteiger partial charge >= 0.3 is 101 Å². The molecule has 3 fully saturated rings. The van der Waals surface area contributed by atoms with Gasteiger partial charge < -0.3 is 0 Å². The zero-order valence-electron chi connectivity index (χ0n) is 10.2. The summed E-state index contributed by atoms with van der Waals surface area (Å²) in [6.07, 6.45) is 2.12. The first kappa shape index (κ1) is 12.6. The second kappa shape index (κ2) is 5.64. The first-order valence-electron chi connectivity index (χ1n) is 6.00. The number of hydrogen-bond acceptors (Lipinski definition) is 4. The van der Waals surface area contributed by atoms with Gasteiger partial charge in [0.15, 0.2) is 0 Å². The minimum absolute atomic E-state index is 0.761. The van der Waals surface area contributed by atoms with Gasteiger partial charge in [0.25, 0.3) is 0 Å². The van der Waals surface area contributed by atoms with E-state index in [2.05, 4.69) is 24.8 Å². The number of allylic oxidation sites excluding steroid dienone is 2. The summed E-state index contributed by atoms with van der Waals surface area (Å²) in [6, 6.07) is 0. The van der Waals surface area contributed by atoms with Gasteiger partial charge in [-0.25, -0.2) is 0 Å². The summed E-state index contributed by atoms with van der Waals surface area (Å²) in [5, 5.41) is 0.885. The van der Waals surface area contributed by atoms with Gasteiger partial charge in [0.1, 0.15) is 0 Å². The van der Waals surface area contributed by atoms with Crippen LogP contribution in [0.1, 0.15) is 13.8 Å². The standard InChI is InChI=1S/C11H21GeNO3/c1-3-11(2)10-12-14-7-4-13(5-8-15-12)6-9-16-12/h3H,4-10H2,1-2H3/b11-3+. The zero-order valence-corrected chi connectivity index (χ0v) is 12.3. The predicted molar refractivity (Wildman–Crippen MR) is 64.3 cm³/mol. The Labute approximate surface area is 101 Å². The molecule has 4 nitrogen and oxygen atoms in total. The van der Waals surface area contributed by atoms with Gasteiger partial charge in [0, 0.05) is 0 Å². The summed E-state index contributed by atoms with van der Waals surface area (Å²) in [7, 11) is 0. The molecule has 0 aromatic rings.